The third kappa shape index (κ3) is 2.97. The molecule has 0 aromatic heterocycles. The lowest BCUT2D eigenvalue weighted by Gasteiger charge is -2.38. The van der Waals surface area contributed by atoms with Gasteiger partial charge in [-0.1, -0.05) is 20.8 Å². The van der Waals surface area contributed by atoms with Crippen molar-refractivity contribution in [1.29, 1.82) is 0 Å². The number of esters is 1. The minimum atomic E-state index is -0.165. The molecular weight excluding hydrogens is 204 g/mol. The number of carbonyl (C=O) groups excluding carboxylic acids is 1. The summed E-state index contributed by atoms with van der Waals surface area (Å²) in [6.07, 6.45) is 2.39. The molecule has 3 nitrogen and oxygen atoms in total. The van der Waals surface area contributed by atoms with Crippen molar-refractivity contribution in [2.75, 3.05) is 7.11 Å². The molecule has 0 unspecified atom stereocenters. The van der Waals surface area contributed by atoms with Gasteiger partial charge >= 0.3 is 5.97 Å². The molecule has 0 aromatic carbocycles. The zero-order valence-corrected chi connectivity index (χ0v) is 11.0. The SMILES string of the molecule is COC(=O)[C@@H](C)[C@@H]1CC[C@H](C)[C@@H](C(C)C)O1. The minimum Gasteiger partial charge on any atom is -0.469 e. The fraction of sp³-hybridized carbons (Fsp3) is 0.923. The number of methoxy groups -OCH3 is 1. The first kappa shape index (κ1) is 13.5. The van der Waals surface area contributed by atoms with Crippen LogP contribution in [0.4, 0.5) is 0 Å². The summed E-state index contributed by atoms with van der Waals surface area (Å²) in [6.45, 7) is 8.46. The van der Waals surface area contributed by atoms with Crippen LogP contribution in [0.1, 0.15) is 40.5 Å². The number of hydrogen-bond donors (Lipinski definition) is 0. The molecule has 0 aromatic rings. The first-order chi connectivity index (χ1) is 7.47. The fourth-order valence-electron chi connectivity index (χ4n) is 2.52. The maximum atomic E-state index is 11.5. The predicted octanol–water partition coefficient (Wildman–Crippen LogP) is 2.64. The van der Waals surface area contributed by atoms with Crippen molar-refractivity contribution in [3.05, 3.63) is 0 Å². The normalized spacial score (nSPS) is 32.5. The Morgan fingerprint density at radius 2 is 1.94 bits per heavy atom. The molecule has 1 heterocycles. The number of carbonyl (C=O) groups is 1. The number of rotatable bonds is 3. The monoisotopic (exact) mass is 228 g/mol. The molecule has 16 heavy (non-hydrogen) atoms. The highest BCUT2D eigenvalue weighted by Crippen LogP contribution is 2.32. The second kappa shape index (κ2) is 5.67. The Kier molecular flexibility index (Phi) is 4.78. The molecule has 1 saturated heterocycles. The number of ether oxygens (including phenoxy) is 2. The smallest absolute Gasteiger partial charge is 0.311 e. The van der Waals surface area contributed by atoms with Crippen LogP contribution in [-0.2, 0) is 14.3 Å². The maximum absolute atomic E-state index is 11.5. The van der Waals surface area contributed by atoms with Gasteiger partial charge in [0.05, 0.1) is 25.2 Å². The second-order valence-corrected chi connectivity index (χ2v) is 5.25. The molecule has 0 spiro atoms. The lowest BCUT2D eigenvalue weighted by Crippen LogP contribution is -2.42. The standard InChI is InChI=1S/C13H24O3/c1-8(2)12-9(3)6-7-11(16-12)10(4)13(14)15-5/h8-12H,6-7H2,1-5H3/t9-,10-,11-,12+/m0/s1. The van der Waals surface area contributed by atoms with Gasteiger partial charge in [0.15, 0.2) is 0 Å². The molecule has 0 bridgehead atoms. The third-order valence-corrected chi connectivity index (χ3v) is 3.59. The molecule has 0 radical (unpaired) electrons. The van der Waals surface area contributed by atoms with E-state index in [1.165, 1.54) is 7.11 Å². The highest BCUT2D eigenvalue weighted by Gasteiger charge is 2.35. The Labute approximate surface area is 98.5 Å². The Balaban J connectivity index is 2.61. The van der Waals surface area contributed by atoms with Crippen LogP contribution in [0.5, 0.6) is 0 Å². The third-order valence-electron chi connectivity index (χ3n) is 3.59. The van der Waals surface area contributed by atoms with Gasteiger partial charge in [-0.2, -0.15) is 0 Å². The van der Waals surface area contributed by atoms with Gasteiger partial charge in [-0.25, -0.2) is 0 Å². The molecule has 0 aliphatic carbocycles. The van der Waals surface area contributed by atoms with Crippen molar-refractivity contribution < 1.29 is 14.3 Å². The molecular formula is C13H24O3. The summed E-state index contributed by atoms with van der Waals surface area (Å²) in [5.74, 6) is 0.768. The predicted molar refractivity (Wildman–Crippen MR) is 63.1 cm³/mol. The van der Waals surface area contributed by atoms with E-state index in [4.69, 9.17) is 9.47 Å². The van der Waals surface area contributed by atoms with E-state index in [0.717, 1.165) is 12.8 Å². The van der Waals surface area contributed by atoms with Crippen LogP contribution in [-0.4, -0.2) is 25.3 Å². The summed E-state index contributed by atoms with van der Waals surface area (Å²) in [5, 5.41) is 0. The lowest BCUT2D eigenvalue weighted by atomic mass is 9.84. The van der Waals surface area contributed by atoms with E-state index >= 15 is 0 Å². The van der Waals surface area contributed by atoms with Crippen LogP contribution in [0.3, 0.4) is 0 Å². The Bertz CT molecular complexity index is 237. The summed E-state index contributed by atoms with van der Waals surface area (Å²) in [4.78, 5) is 11.5. The van der Waals surface area contributed by atoms with E-state index < -0.39 is 0 Å². The highest BCUT2D eigenvalue weighted by atomic mass is 16.5. The fourth-order valence-corrected chi connectivity index (χ4v) is 2.52. The van der Waals surface area contributed by atoms with Crippen molar-refractivity contribution in [1.82, 2.24) is 0 Å². The van der Waals surface area contributed by atoms with Gasteiger partial charge in [0.1, 0.15) is 0 Å². The molecule has 94 valence electrons. The van der Waals surface area contributed by atoms with Crippen LogP contribution in [0.2, 0.25) is 0 Å². The summed E-state index contributed by atoms with van der Waals surface area (Å²) in [6, 6.07) is 0. The average Bonchev–Trinajstić information content (AvgIpc) is 2.27. The van der Waals surface area contributed by atoms with E-state index in [0.29, 0.717) is 11.8 Å². The van der Waals surface area contributed by atoms with Crippen LogP contribution >= 0.6 is 0 Å². The lowest BCUT2D eigenvalue weighted by molar-refractivity contribution is -0.161. The summed E-state index contributed by atoms with van der Waals surface area (Å²) in [5.41, 5.74) is 0. The molecule has 1 aliphatic rings. The van der Waals surface area contributed by atoms with Crippen LogP contribution < -0.4 is 0 Å². The number of hydrogen-bond acceptors (Lipinski definition) is 3. The maximum Gasteiger partial charge on any atom is 0.311 e. The second-order valence-electron chi connectivity index (χ2n) is 5.25. The van der Waals surface area contributed by atoms with Crippen molar-refractivity contribution in [3.8, 4) is 0 Å². The van der Waals surface area contributed by atoms with Gasteiger partial charge in [-0.3, -0.25) is 4.79 Å². The van der Waals surface area contributed by atoms with Gasteiger partial charge in [-0.15, -0.1) is 0 Å². The van der Waals surface area contributed by atoms with E-state index in [-0.39, 0.29) is 24.1 Å². The highest BCUT2D eigenvalue weighted by molar-refractivity contribution is 5.72. The quantitative estimate of drug-likeness (QED) is 0.697. The largest absolute Gasteiger partial charge is 0.469 e. The summed E-state index contributed by atoms with van der Waals surface area (Å²) < 4.78 is 10.8. The van der Waals surface area contributed by atoms with Crippen LogP contribution in [0.15, 0.2) is 0 Å². The van der Waals surface area contributed by atoms with E-state index in [2.05, 4.69) is 20.8 Å². The minimum absolute atomic E-state index is 0.0241. The van der Waals surface area contributed by atoms with Gasteiger partial charge in [0, 0.05) is 0 Å². The van der Waals surface area contributed by atoms with Gasteiger partial charge in [0.25, 0.3) is 0 Å². The van der Waals surface area contributed by atoms with Crippen molar-refractivity contribution >= 4 is 5.97 Å². The van der Waals surface area contributed by atoms with Crippen molar-refractivity contribution in [2.45, 2.75) is 52.7 Å². The molecule has 1 rings (SSSR count). The van der Waals surface area contributed by atoms with E-state index in [9.17, 15) is 4.79 Å². The Morgan fingerprint density at radius 1 is 1.31 bits per heavy atom. The van der Waals surface area contributed by atoms with Gasteiger partial charge in [-0.05, 0) is 31.6 Å². The summed E-state index contributed by atoms with van der Waals surface area (Å²) in [7, 11) is 1.43. The molecule has 0 amide bonds. The average molecular weight is 228 g/mol. The molecule has 0 saturated carbocycles. The topological polar surface area (TPSA) is 35.5 Å². The van der Waals surface area contributed by atoms with Gasteiger partial charge < -0.3 is 9.47 Å². The molecule has 1 fully saturated rings. The molecule has 3 heteroatoms. The first-order valence-electron chi connectivity index (χ1n) is 6.20. The molecule has 1 aliphatic heterocycles. The van der Waals surface area contributed by atoms with Crippen molar-refractivity contribution in [3.63, 3.8) is 0 Å². The molecule has 0 N–H and O–H groups in total. The Hall–Kier alpha value is -0.570. The molecule has 4 atom stereocenters. The van der Waals surface area contributed by atoms with Crippen LogP contribution in [0.25, 0.3) is 0 Å². The van der Waals surface area contributed by atoms with Crippen LogP contribution in [0, 0.1) is 17.8 Å². The zero-order chi connectivity index (χ0) is 12.3. The van der Waals surface area contributed by atoms with E-state index in [1.807, 2.05) is 6.92 Å². The summed E-state index contributed by atoms with van der Waals surface area (Å²) >= 11 is 0. The van der Waals surface area contributed by atoms with E-state index in [1.54, 1.807) is 0 Å². The van der Waals surface area contributed by atoms with Gasteiger partial charge in [0.2, 0.25) is 0 Å². The first-order valence-corrected chi connectivity index (χ1v) is 6.20. The Morgan fingerprint density at radius 3 is 2.44 bits per heavy atom. The van der Waals surface area contributed by atoms with Crippen molar-refractivity contribution in [2.24, 2.45) is 17.8 Å². The zero-order valence-electron chi connectivity index (χ0n) is 11.0.